The van der Waals surface area contributed by atoms with Crippen LogP contribution in [0.15, 0.2) is 29.6 Å². The maximum atomic E-state index is 12.9. The van der Waals surface area contributed by atoms with Crippen LogP contribution in [0, 0.1) is 5.82 Å². The first-order chi connectivity index (χ1) is 8.28. The lowest BCUT2D eigenvalue weighted by atomic mass is 10.3. The second-order valence-electron chi connectivity index (χ2n) is 3.73. The highest BCUT2D eigenvalue weighted by Crippen LogP contribution is 2.16. The molecule has 90 valence electrons. The molecule has 4 heteroatoms. The summed E-state index contributed by atoms with van der Waals surface area (Å²) in [6.07, 6.45) is 2.10. The summed E-state index contributed by atoms with van der Waals surface area (Å²) in [5.41, 5.74) is 0.905. The number of rotatable bonds is 5. The first-order valence-corrected chi connectivity index (χ1v) is 6.47. The predicted molar refractivity (Wildman–Crippen MR) is 66.8 cm³/mol. The monoisotopic (exact) mass is 251 g/mol. The summed E-state index contributed by atoms with van der Waals surface area (Å²) < 4.78 is 18.4. The molecule has 2 aromatic rings. The zero-order valence-electron chi connectivity index (χ0n) is 9.65. The molecule has 0 atom stereocenters. The number of benzene rings is 1. The van der Waals surface area contributed by atoms with Crippen LogP contribution in [0.2, 0.25) is 0 Å². The fourth-order valence-electron chi connectivity index (χ4n) is 1.46. The molecule has 0 aliphatic carbocycles. The summed E-state index contributed by atoms with van der Waals surface area (Å²) in [6.45, 7) is 2.52. The van der Waals surface area contributed by atoms with Gasteiger partial charge >= 0.3 is 0 Å². The van der Waals surface area contributed by atoms with Crippen LogP contribution in [0.3, 0.4) is 0 Å². The highest BCUT2D eigenvalue weighted by atomic mass is 32.1. The Morgan fingerprint density at radius 1 is 1.41 bits per heavy atom. The van der Waals surface area contributed by atoms with Crippen molar-refractivity contribution in [3.63, 3.8) is 0 Å². The molecule has 0 radical (unpaired) electrons. The molecule has 0 aliphatic heterocycles. The third kappa shape index (κ3) is 3.53. The zero-order valence-corrected chi connectivity index (χ0v) is 10.5. The van der Waals surface area contributed by atoms with Gasteiger partial charge in [-0.2, -0.15) is 0 Å². The van der Waals surface area contributed by atoms with Gasteiger partial charge in [0, 0.05) is 11.4 Å². The summed E-state index contributed by atoms with van der Waals surface area (Å²) in [5, 5.41) is 3.12. The number of halogens is 1. The Kier molecular flexibility index (Phi) is 4.09. The minimum Gasteiger partial charge on any atom is -0.487 e. The SMILES string of the molecule is CCCc1nc(COc2cccc(F)c2)cs1. The molecule has 0 amide bonds. The molecule has 0 saturated heterocycles. The second kappa shape index (κ2) is 5.77. The van der Waals surface area contributed by atoms with E-state index in [-0.39, 0.29) is 5.82 Å². The Balaban J connectivity index is 1.93. The largest absolute Gasteiger partial charge is 0.487 e. The maximum Gasteiger partial charge on any atom is 0.131 e. The minimum atomic E-state index is -0.285. The average Bonchev–Trinajstić information content (AvgIpc) is 2.75. The Bertz CT molecular complexity index is 484. The zero-order chi connectivity index (χ0) is 12.1. The van der Waals surface area contributed by atoms with E-state index in [1.807, 2.05) is 5.38 Å². The highest BCUT2D eigenvalue weighted by molar-refractivity contribution is 7.09. The van der Waals surface area contributed by atoms with E-state index >= 15 is 0 Å². The fourth-order valence-corrected chi connectivity index (χ4v) is 2.34. The van der Waals surface area contributed by atoms with Gasteiger partial charge in [0.25, 0.3) is 0 Å². The third-order valence-corrected chi connectivity index (χ3v) is 3.20. The molecule has 0 fully saturated rings. The Hall–Kier alpha value is -1.42. The molecule has 1 aromatic heterocycles. The molecule has 1 aromatic carbocycles. The van der Waals surface area contributed by atoms with E-state index in [1.165, 1.54) is 12.1 Å². The summed E-state index contributed by atoms with van der Waals surface area (Å²) in [6, 6.07) is 6.14. The highest BCUT2D eigenvalue weighted by Gasteiger charge is 2.02. The van der Waals surface area contributed by atoms with Crippen LogP contribution < -0.4 is 4.74 Å². The number of nitrogens with zero attached hydrogens (tertiary/aromatic N) is 1. The van der Waals surface area contributed by atoms with Crippen molar-refractivity contribution >= 4 is 11.3 Å². The van der Waals surface area contributed by atoms with Gasteiger partial charge in [0.1, 0.15) is 18.2 Å². The van der Waals surface area contributed by atoms with Gasteiger partial charge in [-0.25, -0.2) is 9.37 Å². The van der Waals surface area contributed by atoms with E-state index in [0.717, 1.165) is 23.5 Å². The minimum absolute atomic E-state index is 0.285. The molecule has 0 unspecified atom stereocenters. The van der Waals surface area contributed by atoms with Crippen LogP contribution in [-0.4, -0.2) is 4.98 Å². The van der Waals surface area contributed by atoms with Crippen molar-refractivity contribution in [3.8, 4) is 5.75 Å². The molecule has 17 heavy (non-hydrogen) atoms. The van der Waals surface area contributed by atoms with Crippen molar-refractivity contribution in [2.75, 3.05) is 0 Å². The standard InChI is InChI=1S/C13H14FNOS/c1-2-4-13-15-11(9-17-13)8-16-12-6-3-5-10(14)7-12/h3,5-7,9H,2,4,8H2,1H3. The number of aromatic nitrogens is 1. The van der Waals surface area contributed by atoms with Gasteiger partial charge in [0.2, 0.25) is 0 Å². The maximum absolute atomic E-state index is 12.9. The average molecular weight is 251 g/mol. The van der Waals surface area contributed by atoms with Gasteiger partial charge < -0.3 is 4.74 Å². The first-order valence-electron chi connectivity index (χ1n) is 5.59. The Labute approximate surface area is 104 Å². The quantitative estimate of drug-likeness (QED) is 0.806. The van der Waals surface area contributed by atoms with Crippen LogP contribution in [0.4, 0.5) is 4.39 Å². The van der Waals surface area contributed by atoms with Gasteiger partial charge in [-0.3, -0.25) is 0 Å². The molecule has 1 heterocycles. The lowest BCUT2D eigenvalue weighted by Crippen LogP contribution is -1.96. The lowest BCUT2D eigenvalue weighted by molar-refractivity contribution is 0.300. The van der Waals surface area contributed by atoms with Gasteiger partial charge in [-0.15, -0.1) is 11.3 Å². The number of hydrogen-bond acceptors (Lipinski definition) is 3. The van der Waals surface area contributed by atoms with E-state index in [2.05, 4.69) is 11.9 Å². The predicted octanol–water partition coefficient (Wildman–Crippen LogP) is 3.81. The Morgan fingerprint density at radius 2 is 2.29 bits per heavy atom. The summed E-state index contributed by atoms with van der Waals surface area (Å²) in [5.74, 6) is 0.252. The van der Waals surface area contributed by atoms with Crippen LogP contribution in [0.25, 0.3) is 0 Å². The van der Waals surface area contributed by atoms with E-state index in [4.69, 9.17) is 4.74 Å². The van der Waals surface area contributed by atoms with Crippen LogP contribution in [0.1, 0.15) is 24.0 Å². The first kappa shape index (κ1) is 12.0. The molecule has 0 bridgehead atoms. The van der Waals surface area contributed by atoms with E-state index in [9.17, 15) is 4.39 Å². The van der Waals surface area contributed by atoms with Gasteiger partial charge in [-0.1, -0.05) is 13.0 Å². The molecule has 0 spiro atoms. The molecule has 2 rings (SSSR count). The lowest BCUT2D eigenvalue weighted by Gasteiger charge is -2.03. The van der Waals surface area contributed by atoms with Crippen LogP contribution in [0.5, 0.6) is 5.75 Å². The summed E-state index contributed by atoms with van der Waals surface area (Å²) in [4.78, 5) is 4.44. The summed E-state index contributed by atoms with van der Waals surface area (Å²) >= 11 is 1.65. The normalized spacial score (nSPS) is 10.5. The van der Waals surface area contributed by atoms with Gasteiger partial charge in [0.05, 0.1) is 10.7 Å². The summed E-state index contributed by atoms with van der Waals surface area (Å²) in [7, 11) is 0. The number of ether oxygens (including phenoxy) is 1. The fraction of sp³-hybridized carbons (Fsp3) is 0.308. The van der Waals surface area contributed by atoms with Crippen molar-refractivity contribution in [3.05, 3.63) is 46.2 Å². The third-order valence-electron chi connectivity index (χ3n) is 2.25. The molecule has 2 nitrogen and oxygen atoms in total. The van der Waals surface area contributed by atoms with E-state index in [0.29, 0.717) is 12.4 Å². The molecular formula is C13H14FNOS. The van der Waals surface area contributed by atoms with Crippen LogP contribution in [-0.2, 0) is 13.0 Å². The Morgan fingerprint density at radius 3 is 3.06 bits per heavy atom. The number of hydrogen-bond donors (Lipinski definition) is 0. The topological polar surface area (TPSA) is 22.1 Å². The smallest absolute Gasteiger partial charge is 0.131 e. The van der Waals surface area contributed by atoms with Crippen LogP contribution >= 0.6 is 11.3 Å². The van der Waals surface area contributed by atoms with Crippen molar-refractivity contribution in [1.29, 1.82) is 0 Å². The van der Waals surface area contributed by atoms with E-state index < -0.39 is 0 Å². The number of thiazole rings is 1. The van der Waals surface area contributed by atoms with Crippen molar-refractivity contribution < 1.29 is 9.13 Å². The molecule has 0 aliphatic rings. The van der Waals surface area contributed by atoms with E-state index in [1.54, 1.807) is 23.5 Å². The molecule has 0 saturated carbocycles. The van der Waals surface area contributed by atoms with Crippen molar-refractivity contribution in [1.82, 2.24) is 4.98 Å². The van der Waals surface area contributed by atoms with Crippen molar-refractivity contribution in [2.45, 2.75) is 26.4 Å². The molecule has 0 N–H and O–H groups in total. The van der Waals surface area contributed by atoms with Crippen molar-refractivity contribution in [2.24, 2.45) is 0 Å². The number of aryl methyl sites for hydroxylation is 1. The molecular weight excluding hydrogens is 237 g/mol. The van der Waals surface area contributed by atoms with Gasteiger partial charge in [0.15, 0.2) is 0 Å². The second-order valence-corrected chi connectivity index (χ2v) is 4.67. The van der Waals surface area contributed by atoms with Gasteiger partial charge in [-0.05, 0) is 25.0 Å².